The van der Waals surface area contributed by atoms with Gasteiger partial charge < -0.3 is 10.2 Å². The molecule has 0 saturated heterocycles. The highest BCUT2D eigenvalue weighted by Crippen LogP contribution is 2.13. The van der Waals surface area contributed by atoms with E-state index < -0.39 is 17.5 Å². The molecule has 1 amide bonds. The maximum atomic E-state index is 13.3. The maximum Gasteiger partial charge on any atom is 0.265 e. The molecule has 2 rings (SSSR count). The van der Waals surface area contributed by atoms with Gasteiger partial charge in [0.1, 0.15) is 11.6 Å². The van der Waals surface area contributed by atoms with Crippen molar-refractivity contribution in [1.29, 1.82) is 0 Å². The molecule has 2 aromatic rings. The molecule has 0 radical (unpaired) electrons. The quantitative estimate of drug-likeness (QED) is 0.681. The Bertz CT molecular complexity index is 702. The highest BCUT2D eigenvalue weighted by atomic mass is 19.1. The second-order valence-electron chi connectivity index (χ2n) is 4.54. The molecule has 0 saturated carbocycles. The van der Waals surface area contributed by atoms with Crippen LogP contribution >= 0.6 is 0 Å². The first-order chi connectivity index (χ1) is 10.6. The van der Waals surface area contributed by atoms with Crippen molar-refractivity contribution in [2.75, 3.05) is 11.9 Å². The number of aryl methyl sites for hydroxylation is 1. The first-order valence-electron chi connectivity index (χ1n) is 6.52. The Morgan fingerprint density at radius 1 is 1.23 bits per heavy atom. The number of benzene rings is 2. The second-order valence-corrected chi connectivity index (χ2v) is 4.54. The third-order valence-electron chi connectivity index (χ3n) is 2.82. The summed E-state index contributed by atoms with van der Waals surface area (Å²) in [5.74, 6) is -1.33. The number of amides is 1. The van der Waals surface area contributed by atoms with Gasteiger partial charge in [-0.3, -0.25) is 4.79 Å². The van der Waals surface area contributed by atoms with Crippen LogP contribution in [-0.4, -0.2) is 18.7 Å². The second kappa shape index (κ2) is 7.31. The van der Waals surface area contributed by atoms with E-state index >= 15 is 0 Å². The largest absolute Gasteiger partial charge is 0.386 e. The van der Waals surface area contributed by atoms with Crippen LogP contribution in [0.3, 0.4) is 0 Å². The van der Waals surface area contributed by atoms with Crippen molar-refractivity contribution in [1.82, 2.24) is 0 Å². The smallest absolute Gasteiger partial charge is 0.265 e. The Morgan fingerprint density at radius 2 is 2.00 bits per heavy atom. The number of anilines is 1. The van der Waals surface area contributed by atoms with E-state index in [0.29, 0.717) is 11.3 Å². The van der Waals surface area contributed by atoms with Gasteiger partial charge in [-0.05, 0) is 30.7 Å². The predicted octanol–water partition coefficient (Wildman–Crippen LogP) is 3.26. The van der Waals surface area contributed by atoms with Crippen LogP contribution in [0.5, 0.6) is 0 Å². The molecule has 0 spiro atoms. The number of halogens is 2. The fourth-order valence-electron chi connectivity index (χ4n) is 1.64. The average Bonchev–Trinajstić information content (AvgIpc) is 2.49. The van der Waals surface area contributed by atoms with Crippen LogP contribution in [0, 0.1) is 18.6 Å². The zero-order chi connectivity index (χ0) is 15.9. The monoisotopic (exact) mass is 304 g/mol. The lowest BCUT2D eigenvalue weighted by molar-refractivity contribution is -0.120. The van der Waals surface area contributed by atoms with Crippen molar-refractivity contribution in [3.63, 3.8) is 0 Å². The number of carbonyl (C=O) groups excluding carboxylic acids is 1. The SMILES string of the molecule is Cc1ccc(NC(=O)CO/N=C\c2ccccc2F)cc1F. The molecule has 0 aliphatic carbocycles. The van der Waals surface area contributed by atoms with E-state index in [0.717, 1.165) is 0 Å². The molecule has 6 heteroatoms. The number of hydrogen-bond acceptors (Lipinski definition) is 3. The van der Waals surface area contributed by atoms with Crippen LogP contribution in [0.15, 0.2) is 47.6 Å². The van der Waals surface area contributed by atoms with Crippen molar-refractivity contribution >= 4 is 17.8 Å². The van der Waals surface area contributed by atoms with Gasteiger partial charge in [0.25, 0.3) is 5.91 Å². The molecule has 114 valence electrons. The normalized spacial score (nSPS) is 10.7. The molecular weight excluding hydrogens is 290 g/mol. The number of hydrogen-bond donors (Lipinski definition) is 1. The van der Waals surface area contributed by atoms with Crippen LogP contribution in [0.25, 0.3) is 0 Å². The minimum Gasteiger partial charge on any atom is -0.386 e. The summed E-state index contributed by atoms with van der Waals surface area (Å²) in [7, 11) is 0. The fourth-order valence-corrected chi connectivity index (χ4v) is 1.64. The van der Waals surface area contributed by atoms with Crippen LogP contribution in [-0.2, 0) is 9.63 Å². The van der Waals surface area contributed by atoms with Crippen LogP contribution in [0.2, 0.25) is 0 Å². The highest BCUT2D eigenvalue weighted by molar-refractivity contribution is 5.91. The number of carbonyl (C=O) groups is 1. The minimum absolute atomic E-state index is 0.253. The first kappa shape index (κ1) is 15.6. The summed E-state index contributed by atoms with van der Waals surface area (Å²) < 4.78 is 26.6. The molecule has 4 nitrogen and oxygen atoms in total. The van der Waals surface area contributed by atoms with E-state index in [9.17, 15) is 13.6 Å². The lowest BCUT2D eigenvalue weighted by Crippen LogP contribution is -2.17. The molecule has 0 fully saturated rings. The van der Waals surface area contributed by atoms with Gasteiger partial charge >= 0.3 is 0 Å². The van der Waals surface area contributed by atoms with Gasteiger partial charge in [-0.1, -0.05) is 29.4 Å². The standard InChI is InChI=1S/C16H14F2N2O2/c1-11-6-7-13(8-15(11)18)20-16(21)10-22-19-9-12-4-2-3-5-14(12)17/h2-9H,10H2,1H3,(H,20,21)/b19-9-. The van der Waals surface area contributed by atoms with E-state index in [1.165, 1.54) is 24.4 Å². The Kier molecular flexibility index (Phi) is 5.19. The van der Waals surface area contributed by atoms with E-state index in [-0.39, 0.29) is 12.2 Å². The van der Waals surface area contributed by atoms with Gasteiger partial charge in [0, 0.05) is 11.3 Å². The Hall–Kier alpha value is -2.76. The molecule has 2 aromatic carbocycles. The minimum atomic E-state index is -0.492. The molecule has 22 heavy (non-hydrogen) atoms. The van der Waals surface area contributed by atoms with Crippen LogP contribution in [0.4, 0.5) is 14.5 Å². The summed E-state index contributed by atoms with van der Waals surface area (Å²) in [4.78, 5) is 16.4. The van der Waals surface area contributed by atoms with Crippen LogP contribution < -0.4 is 5.32 Å². The molecule has 0 bridgehead atoms. The molecular formula is C16H14F2N2O2. The van der Waals surface area contributed by atoms with Gasteiger partial charge in [-0.2, -0.15) is 0 Å². The van der Waals surface area contributed by atoms with Crippen molar-refractivity contribution < 1.29 is 18.4 Å². The molecule has 0 aromatic heterocycles. The lowest BCUT2D eigenvalue weighted by atomic mass is 10.2. The number of rotatable bonds is 5. The summed E-state index contributed by atoms with van der Waals surface area (Å²) in [6.07, 6.45) is 1.17. The number of nitrogens with zero attached hydrogens (tertiary/aromatic N) is 1. The van der Waals surface area contributed by atoms with Gasteiger partial charge in [-0.25, -0.2) is 8.78 Å². The third-order valence-corrected chi connectivity index (χ3v) is 2.82. The highest BCUT2D eigenvalue weighted by Gasteiger charge is 2.05. The number of nitrogens with one attached hydrogen (secondary N) is 1. The van der Waals surface area contributed by atoms with E-state index in [4.69, 9.17) is 4.84 Å². The van der Waals surface area contributed by atoms with Crippen LogP contribution in [0.1, 0.15) is 11.1 Å². The third kappa shape index (κ3) is 4.37. The first-order valence-corrected chi connectivity index (χ1v) is 6.52. The van der Waals surface area contributed by atoms with Crippen molar-refractivity contribution in [2.24, 2.45) is 5.16 Å². The number of oxime groups is 1. The lowest BCUT2D eigenvalue weighted by Gasteiger charge is -2.05. The zero-order valence-electron chi connectivity index (χ0n) is 11.8. The molecule has 0 atom stereocenters. The Morgan fingerprint density at radius 3 is 2.73 bits per heavy atom. The fraction of sp³-hybridized carbons (Fsp3) is 0.125. The van der Waals surface area contributed by atoms with Gasteiger partial charge in [0.15, 0.2) is 6.61 Å². The summed E-state index contributed by atoms with van der Waals surface area (Å²) in [5.41, 5.74) is 1.07. The summed E-state index contributed by atoms with van der Waals surface area (Å²) in [5, 5.41) is 5.98. The van der Waals surface area contributed by atoms with E-state index in [2.05, 4.69) is 10.5 Å². The summed E-state index contributed by atoms with van der Waals surface area (Å²) in [6.45, 7) is 1.27. The Balaban J connectivity index is 1.83. The van der Waals surface area contributed by atoms with E-state index in [1.54, 1.807) is 31.2 Å². The predicted molar refractivity (Wildman–Crippen MR) is 79.7 cm³/mol. The molecule has 0 unspecified atom stereocenters. The van der Waals surface area contributed by atoms with Gasteiger partial charge in [0.05, 0.1) is 6.21 Å². The van der Waals surface area contributed by atoms with Crippen molar-refractivity contribution in [3.05, 3.63) is 65.2 Å². The summed E-state index contributed by atoms with van der Waals surface area (Å²) >= 11 is 0. The van der Waals surface area contributed by atoms with Gasteiger partial charge in [0.2, 0.25) is 0 Å². The zero-order valence-corrected chi connectivity index (χ0v) is 11.8. The van der Waals surface area contributed by atoms with Gasteiger partial charge in [-0.15, -0.1) is 0 Å². The molecule has 0 heterocycles. The molecule has 0 aliphatic heterocycles. The van der Waals surface area contributed by atoms with Crippen molar-refractivity contribution in [3.8, 4) is 0 Å². The van der Waals surface area contributed by atoms with E-state index in [1.807, 2.05) is 0 Å². The maximum absolute atomic E-state index is 13.3. The average molecular weight is 304 g/mol. The Labute approximate surface area is 126 Å². The molecule has 0 aliphatic rings. The molecule has 1 N–H and O–H groups in total. The summed E-state index contributed by atoms with van der Waals surface area (Å²) in [6, 6.07) is 10.4. The van der Waals surface area contributed by atoms with Crippen molar-refractivity contribution in [2.45, 2.75) is 6.92 Å². The topological polar surface area (TPSA) is 50.7 Å².